The van der Waals surface area contributed by atoms with Gasteiger partial charge in [-0.3, -0.25) is 4.79 Å². The van der Waals surface area contributed by atoms with Crippen molar-refractivity contribution in [2.45, 2.75) is 19.4 Å². The summed E-state index contributed by atoms with van der Waals surface area (Å²) in [5, 5.41) is 3.91. The van der Waals surface area contributed by atoms with Crippen molar-refractivity contribution in [3.63, 3.8) is 0 Å². The molecule has 0 fully saturated rings. The fraction of sp³-hybridized carbons (Fsp3) is 0.158. The predicted octanol–water partition coefficient (Wildman–Crippen LogP) is 4.04. The Morgan fingerprint density at radius 3 is 2.88 bits per heavy atom. The summed E-state index contributed by atoms with van der Waals surface area (Å²) in [7, 11) is 0. The molecule has 1 amide bonds. The summed E-state index contributed by atoms with van der Waals surface area (Å²) in [5.74, 6) is 0.777. The topological polar surface area (TPSA) is 60.1 Å². The minimum absolute atomic E-state index is 0.00811. The molecule has 4 aromatic rings. The largest absolute Gasteiger partial charge is 0.469 e. The molecule has 1 atom stereocenters. The zero-order valence-electron chi connectivity index (χ0n) is 13.7. The summed E-state index contributed by atoms with van der Waals surface area (Å²) in [6.45, 7) is 1.97. The smallest absolute Gasteiger partial charge is 0.251 e. The SMILES string of the molecule is CC(Cc1ccco1)NC(=O)c1ccc2nc(-n3cccc3)sc2c1. The Bertz CT molecular complexity index is 987. The van der Waals surface area contributed by atoms with Gasteiger partial charge in [-0.2, -0.15) is 0 Å². The average Bonchev–Trinajstić information content (AvgIpc) is 3.34. The number of carbonyl (C=O) groups excluding carboxylic acids is 1. The quantitative estimate of drug-likeness (QED) is 0.590. The van der Waals surface area contributed by atoms with Crippen LogP contribution in [-0.2, 0) is 6.42 Å². The highest BCUT2D eigenvalue weighted by Crippen LogP contribution is 2.26. The summed E-state index contributed by atoms with van der Waals surface area (Å²) in [4.78, 5) is 17.1. The Kier molecular flexibility index (Phi) is 4.11. The first-order valence-electron chi connectivity index (χ1n) is 8.06. The van der Waals surface area contributed by atoms with Crippen LogP contribution in [0.5, 0.6) is 0 Å². The molecule has 1 unspecified atom stereocenters. The van der Waals surface area contributed by atoms with E-state index in [4.69, 9.17) is 4.42 Å². The minimum Gasteiger partial charge on any atom is -0.469 e. The minimum atomic E-state index is -0.0862. The zero-order valence-corrected chi connectivity index (χ0v) is 14.5. The molecule has 4 rings (SSSR count). The van der Waals surface area contributed by atoms with Crippen LogP contribution in [0.15, 0.2) is 65.5 Å². The van der Waals surface area contributed by atoms with E-state index in [1.165, 1.54) is 0 Å². The molecule has 0 bridgehead atoms. The maximum Gasteiger partial charge on any atom is 0.251 e. The summed E-state index contributed by atoms with van der Waals surface area (Å²) in [6.07, 6.45) is 6.23. The molecule has 5 nitrogen and oxygen atoms in total. The number of aromatic nitrogens is 2. The molecule has 0 spiro atoms. The molecule has 25 heavy (non-hydrogen) atoms. The zero-order chi connectivity index (χ0) is 17.2. The van der Waals surface area contributed by atoms with Gasteiger partial charge in [0.25, 0.3) is 5.91 Å². The Balaban J connectivity index is 1.51. The lowest BCUT2D eigenvalue weighted by Gasteiger charge is -2.12. The van der Waals surface area contributed by atoms with Gasteiger partial charge in [-0.25, -0.2) is 4.98 Å². The van der Waals surface area contributed by atoms with E-state index in [1.807, 2.05) is 66.3 Å². The van der Waals surface area contributed by atoms with E-state index in [0.717, 1.165) is 21.1 Å². The molecule has 0 aliphatic carbocycles. The van der Waals surface area contributed by atoms with Gasteiger partial charge in [0.15, 0.2) is 5.13 Å². The number of fused-ring (bicyclic) bond motifs is 1. The number of hydrogen-bond donors (Lipinski definition) is 1. The molecule has 6 heteroatoms. The van der Waals surface area contributed by atoms with E-state index in [1.54, 1.807) is 17.6 Å². The van der Waals surface area contributed by atoms with Crippen molar-refractivity contribution < 1.29 is 9.21 Å². The van der Waals surface area contributed by atoms with Gasteiger partial charge in [-0.15, -0.1) is 0 Å². The number of thiazole rings is 1. The van der Waals surface area contributed by atoms with Gasteiger partial charge >= 0.3 is 0 Å². The van der Waals surface area contributed by atoms with Crippen LogP contribution in [0.3, 0.4) is 0 Å². The summed E-state index contributed by atoms with van der Waals surface area (Å²) in [5.41, 5.74) is 1.54. The first kappa shape index (κ1) is 15.7. The fourth-order valence-electron chi connectivity index (χ4n) is 2.71. The molecule has 0 saturated heterocycles. The van der Waals surface area contributed by atoms with Gasteiger partial charge in [-0.05, 0) is 49.4 Å². The van der Waals surface area contributed by atoms with E-state index in [9.17, 15) is 4.79 Å². The molecule has 3 aromatic heterocycles. The number of nitrogens with one attached hydrogen (secondary N) is 1. The van der Waals surface area contributed by atoms with Crippen LogP contribution in [0.25, 0.3) is 15.3 Å². The summed E-state index contributed by atoms with van der Waals surface area (Å²) in [6, 6.07) is 13.3. The predicted molar refractivity (Wildman–Crippen MR) is 98.3 cm³/mol. The van der Waals surface area contributed by atoms with Crippen molar-refractivity contribution in [3.8, 4) is 5.13 Å². The number of carbonyl (C=O) groups is 1. The van der Waals surface area contributed by atoms with Crippen molar-refractivity contribution in [3.05, 3.63) is 72.4 Å². The normalized spacial score (nSPS) is 12.4. The van der Waals surface area contributed by atoms with Crippen LogP contribution >= 0.6 is 11.3 Å². The fourth-order valence-corrected chi connectivity index (χ4v) is 3.69. The van der Waals surface area contributed by atoms with Crippen molar-refractivity contribution in [1.29, 1.82) is 0 Å². The average molecular weight is 351 g/mol. The van der Waals surface area contributed by atoms with E-state index < -0.39 is 0 Å². The Labute approximate surface area is 148 Å². The van der Waals surface area contributed by atoms with Crippen molar-refractivity contribution in [1.82, 2.24) is 14.9 Å². The number of hydrogen-bond acceptors (Lipinski definition) is 4. The first-order chi connectivity index (χ1) is 12.2. The number of nitrogens with zero attached hydrogens (tertiary/aromatic N) is 2. The van der Waals surface area contributed by atoms with Gasteiger partial charge in [0.2, 0.25) is 0 Å². The van der Waals surface area contributed by atoms with Crippen molar-refractivity contribution >= 4 is 27.5 Å². The lowest BCUT2D eigenvalue weighted by molar-refractivity contribution is 0.0939. The van der Waals surface area contributed by atoms with Crippen LogP contribution < -0.4 is 5.32 Å². The summed E-state index contributed by atoms with van der Waals surface area (Å²) >= 11 is 1.57. The van der Waals surface area contributed by atoms with E-state index in [0.29, 0.717) is 12.0 Å². The number of rotatable bonds is 5. The second-order valence-corrected chi connectivity index (χ2v) is 6.94. The maximum absolute atomic E-state index is 12.5. The van der Waals surface area contributed by atoms with Crippen LogP contribution in [-0.4, -0.2) is 21.5 Å². The Morgan fingerprint density at radius 2 is 2.12 bits per heavy atom. The highest BCUT2D eigenvalue weighted by molar-refractivity contribution is 7.20. The highest BCUT2D eigenvalue weighted by atomic mass is 32.1. The molecular formula is C19H17N3O2S. The third-order valence-corrected chi connectivity index (χ3v) is 4.96. The standard InChI is InChI=1S/C19H17N3O2S/c1-13(11-15-5-4-10-24-15)20-18(23)14-6-7-16-17(12-14)25-19(21-16)22-8-2-3-9-22/h2-10,12-13H,11H2,1H3,(H,20,23). The molecule has 3 heterocycles. The van der Waals surface area contributed by atoms with Crippen molar-refractivity contribution in [2.24, 2.45) is 0 Å². The van der Waals surface area contributed by atoms with Gasteiger partial charge in [0.05, 0.1) is 16.5 Å². The maximum atomic E-state index is 12.5. The highest BCUT2D eigenvalue weighted by Gasteiger charge is 2.13. The van der Waals surface area contributed by atoms with Crippen LogP contribution in [0.2, 0.25) is 0 Å². The molecular weight excluding hydrogens is 334 g/mol. The van der Waals surface area contributed by atoms with E-state index in [-0.39, 0.29) is 11.9 Å². The number of benzene rings is 1. The van der Waals surface area contributed by atoms with E-state index in [2.05, 4.69) is 10.3 Å². The monoisotopic (exact) mass is 351 g/mol. The molecule has 0 aliphatic rings. The second-order valence-electron chi connectivity index (χ2n) is 5.93. The Hall–Kier alpha value is -2.86. The number of furan rings is 1. The molecule has 126 valence electrons. The lowest BCUT2D eigenvalue weighted by Crippen LogP contribution is -2.33. The molecule has 1 N–H and O–H groups in total. The van der Waals surface area contributed by atoms with Gasteiger partial charge < -0.3 is 14.3 Å². The molecule has 0 radical (unpaired) electrons. The second kappa shape index (κ2) is 6.57. The third kappa shape index (κ3) is 3.34. The van der Waals surface area contributed by atoms with Crippen LogP contribution in [0.1, 0.15) is 23.0 Å². The third-order valence-electron chi connectivity index (χ3n) is 3.93. The first-order valence-corrected chi connectivity index (χ1v) is 8.88. The summed E-state index contributed by atoms with van der Waals surface area (Å²) < 4.78 is 8.29. The van der Waals surface area contributed by atoms with Gasteiger partial charge in [0, 0.05) is 30.4 Å². The molecule has 0 saturated carbocycles. The molecule has 1 aromatic carbocycles. The van der Waals surface area contributed by atoms with Crippen molar-refractivity contribution in [2.75, 3.05) is 0 Å². The lowest BCUT2D eigenvalue weighted by atomic mass is 10.1. The van der Waals surface area contributed by atoms with Crippen LogP contribution in [0.4, 0.5) is 0 Å². The van der Waals surface area contributed by atoms with Crippen LogP contribution in [0, 0.1) is 0 Å². The molecule has 0 aliphatic heterocycles. The van der Waals surface area contributed by atoms with Gasteiger partial charge in [0.1, 0.15) is 5.76 Å². The van der Waals surface area contributed by atoms with Gasteiger partial charge in [-0.1, -0.05) is 11.3 Å². The van der Waals surface area contributed by atoms with E-state index >= 15 is 0 Å². The number of amides is 1. The Morgan fingerprint density at radius 1 is 1.28 bits per heavy atom.